The molecule has 0 saturated carbocycles. The third-order valence-electron chi connectivity index (χ3n) is 7.55. The van der Waals surface area contributed by atoms with Gasteiger partial charge < -0.3 is 74.8 Å². The lowest BCUT2D eigenvalue weighted by atomic mass is 9.89. The minimum Gasteiger partial charge on any atom is -0.507 e. The maximum atomic E-state index is 13.2. The highest BCUT2D eigenvalue weighted by molar-refractivity contribution is 5.89. The lowest BCUT2D eigenvalue weighted by Gasteiger charge is -2.46. The first-order chi connectivity index (χ1) is 20.4. The van der Waals surface area contributed by atoms with E-state index in [0.29, 0.717) is 0 Å². The Kier molecular flexibility index (Phi) is 8.52. The SMILES string of the molecule is O=c1cc(-c2ccc(O)c(O)c2)oc2c([C@@H]3O[C@H](CO)[C@H](O)[C@H](O)[C@@H]3O[C@H]3O[C@H](CO)[C@@H](O)[C@@H](O)[C@@H]3O)c(O)cc(O)c12. The van der Waals surface area contributed by atoms with Gasteiger partial charge in [-0.1, -0.05) is 0 Å². The van der Waals surface area contributed by atoms with Crippen LogP contribution in [0.2, 0.25) is 0 Å². The van der Waals surface area contributed by atoms with Gasteiger partial charge in [-0.3, -0.25) is 4.79 Å². The van der Waals surface area contributed by atoms with Crippen molar-refractivity contribution >= 4 is 11.0 Å². The zero-order chi connectivity index (χ0) is 31.3. The van der Waals surface area contributed by atoms with Gasteiger partial charge in [0.2, 0.25) is 0 Å². The van der Waals surface area contributed by atoms with Crippen molar-refractivity contribution in [2.24, 2.45) is 0 Å². The Morgan fingerprint density at radius 2 is 1.35 bits per heavy atom. The zero-order valence-electron chi connectivity index (χ0n) is 22.0. The molecule has 16 nitrogen and oxygen atoms in total. The highest BCUT2D eigenvalue weighted by Crippen LogP contribution is 2.45. The number of hydrogen-bond donors (Lipinski definition) is 11. The fraction of sp³-hybridized carbons (Fsp3) is 0.444. The van der Waals surface area contributed by atoms with E-state index in [0.717, 1.165) is 24.3 Å². The van der Waals surface area contributed by atoms with Crippen molar-refractivity contribution < 1.29 is 74.8 Å². The van der Waals surface area contributed by atoms with Crippen molar-refractivity contribution in [1.29, 1.82) is 0 Å². The summed E-state index contributed by atoms with van der Waals surface area (Å²) >= 11 is 0. The van der Waals surface area contributed by atoms with E-state index in [1.54, 1.807) is 0 Å². The Balaban J connectivity index is 1.67. The van der Waals surface area contributed by atoms with Gasteiger partial charge in [-0.05, 0) is 18.2 Å². The third-order valence-corrected chi connectivity index (χ3v) is 7.55. The molecule has 3 heterocycles. The van der Waals surface area contributed by atoms with E-state index in [4.69, 9.17) is 18.6 Å². The predicted octanol–water partition coefficient (Wildman–Crippen LogP) is -2.38. The highest BCUT2D eigenvalue weighted by atomic mass is 16.7. The molecular weight excluding hydrogens is 580 g/mol. The molecule has 2 saturated heterocycles. The number of aliphatic hydroxyl groups excluding tert-OH is 7. The Labute approximate surface area is 241 Å². The first kappa shape index (κ1) is 30.9. The zero-order valence-corrected chi connectivity index (χ0v) is 22.0. The van der Waals surface area contributed by atoms with Gasteiger partial charge >= 0.3 is 0 Å². The van der Waals surface area contributed by atoms with Gasteiger partial charge in [0.1, 0.15) is 77.6 Å². The molecule has 0 spiro atoms. The number of aromatic hydroxyl groups is 4. The van der Waals surface area contributed by atoms with Crippen molar-refractivity contribution in [2.75, 3.05) is 13.2 Å². The van der Waals surface area contributed by atoms with E-state index in [-0.39, 0.29) is 11.3 Å². The standard InChI is InChI=1S/C27H30O16/c28-6-15-20(36)22(38)26(43-27-23(39)21(37)19(35)16(7-29)42-27)25(41-15)18-12(33)4-11(32)17-13(34)5-14(40-24(17)18)8-1-2-9(30)10(31)3-8/h1-5,15-16,19-23,25-33,35-39H,6-7H2/t15-,16-,19-,20+,21-,22+,23+,25+,26+,27-/m1/s1. The molecule has 2 aromatic carbocycles. The van der Waals surface area contributed by atoms with Crippen LogP contribution in [0.5, 0.6) is 23.0 Å². The van der Waals surface area contributed by atoms with Crippen molar-refractivity contribution in [3.8, 4) is 34.3 Å². The molecule has 11 N–H and O–H groups in total. The molecule has 2 aliphatic rings. The number of aliphatic hydroxyl groups is 7. The Bertz CT molecular complexity index is 1540. The average Bonchev–Trinajstić information content (AvgIpc) is 2.97. The third kappa shape index (κ3) is 5.38. The van der Waals surface area contributed by atoms with E-state index < -0.39 is 119 Å². The van der Waals surface area contributed by atoms with Crippen molar-refractivity contribution in [1.82, 2.24) is 0 Å². The summed E-state index contributed by atoms with van der Waals surface area (Å²) in [7, 11) is 0. The van der Waals surface area contributed by atoms with E-state index in [1.807, 2.05) is 0 Å². The van der Waals surface area contributed by atoms with Crippen LogP contribution in [-0.2, 0) is 14.2 Å². The second-order valence-electron chi connectivity index (χ2n) is 10.3. The minimum atomic E-state index is -1.95. The van der Waals surface area contributed by atoms with Crippen LogP contribution in [0.15, 0.2) is 39.5 Å². The van der Waals surface area contributed by atoms with Crippen LogP contribution in [0.25, 0.3) is 22.3 Å². The molecule has 0 bridgehead atoms. The van der Waals surface area contributed by atoms with Gasteiger partial charge in [-0.15, -0.1) is 0 Å². The van der Waals surface area contributed by atoms with E-state index in [2.05, 4.69) is 0 Å². The molecule has 16 heteroatoms. The van der Waals surface area contributed by atoms with Crippen LogP contribution in [-0.4, -0.2) is 125 Å². The number of phenolic OH excluding ortho intramolecular Hbond substituents is 4. The summed E-state index contributed by atoms with van der Waals surface area (Å²) in [5.41, 5.74) is -1.66. The summed E-state index contributed by atoms with van der Waals surface area (Å²) in [6.07, 6.45) is -17.7. The summed E-state index contributed by atoms with van der Waals surface area (Å²) in [6.45, 7) is -1.66. The van der Waals surface area contributed by atoms with Gasteiger partial charge in [0.25, 0.3) is 0 Å². The van der Waals surface area contributed by atoms with Crippen LogP contribution >= 0.6 is 0 Å². The quantitative estimate of drug-likeness (QED) is 0.130. The van der Waals surface area contributed by atoms with Gasteiger partial charge in [0.05, 0.1) is 18.8 Å². The lowest BCUT2D eigenvalue weighted by molar-refractivity contribution is -0.342. The summed E-state index contributed by atoms with van der Waals surface area (Å²) in [5.74, 6) is -2.70. The van der Waals surface area contributed by atoms with Gasteiger partial charge in [-0.25, -0.2) is 0 Å². The Morgan fingerprint density at radius 3 is 2.00 bits per heavy atom. The first-order valence-corrected chi connectivity index (χ1v) is 13.0. The fourth-order valence-corrected chi connectivity index (χ4v) is 5.22. The van der Waals surface area contributed by atoms with Crippen molar-refractivity contribution in [3.05, 3.63) is 46.1 Å². The Hall–Kier alpha value is -3.55. The van der Waals surface area contributed by atoms with Crippen LogP contribution in [0.4, 0.5) is 0 Å². The molecule has 43 heavy (non-hydrogen) atoms. The van der Waals surface area contributed by atoms with Crippen molar-refractivity contribution in [2.45, 2.75) is 61.2 Å². The van der Waals surface area contributed by atoms with Crippen LogP contribution < -0.4 is 5.43 Å². The predicted molar refractivity (Wildman–Crippen MR) is 140 cm³/mol. The van der Waals surface area contributed by atoms with E-state index in [9.17, 15) is 61.0 Å². The topological polar surface area (TPSA) is 280 Å². The normalized spacial score (nSPS) is 33.1. The molecule has 1 aromatic heterocycles. The highest BCUT2D eigenvalue weighted by Gasteiger charge is 2.52. The summed E-state index contributed by atoms with van der Waals surface area (Å²) < 4.78 is 22.7. The number of hydrogen-bond acceptors (Lipinski definition) is 16. The second-order valence-corrected chi connectivity index (χ2v) is 10.3. The monoisotopic (exact) mass is 610 g/mol. The van der Waals surface area contributed by atoms with E-state index in [1.165, 1.54) is 6.07 Å². The Morgan fingerprint density at radius 1 is 0.698 bits per heavy atom. The second kappa shape index (κ2) is 11.9. The average molecular weight is 611 g/mol. The van der Waals surface area contributed by atoms with Crippen LogP contribution in [0, 0.1) is 0 Å². The number of ether oxygens (including phenoxy) is 3. The number of phenols is 4. The largest absolute Gasteiger partial charge is 0.507 e. The first-order valence-electron chi connectivity index (χ1n) is 13.0. The van der Waals surface area contributed by atoms with Gasteiger partial charge in [0, 0.05) is 17.7 Å². The van der Waals surface area contributed by atoms with Crippen LogP contribution in [0.3, 0.4) is 0 Å². The molecule has 3 aromatic rings. The van der Waals surface area contributed by atoms with E-state index >= 15 is 0 Å². The van der Waals surface area contributed by atoms with Crippen molar-refractivity contribution in [3.63, 3.8) is 0 Å². The molecule has 0 unspecified atom stereocenters. The molecule has 2 fully saturated rings. The fourth-order valence-electron chi connectivity index (χ4n) is 5.22. The number of benzene rings is 2. The molecule has 10 atom stereocenters. The molecule has 0 radical (unpaired) electrons. The lowest BCUT2D eigenvalue weighted by Crippen LogP contribution is -2.62. The number of fused-ring (bicyclic) bond motifs is 1. The van der Waals surface area contributed by atoms with Gasteiger partial charge in [0.15, 0.2) is 28.8 Å². The number of rotatable bonds is 6. The maximum absolute atomic E-state index is 13.2. The molecule has 234 valence electrons. The summed E-state index contributed by atoms with van der Waals surface area (Å²) in [6, 6.07) is 5.24. The minimum absolute atomic E-state index is 0.0884. The molecule has 0 aliphatic carbocycles. The smallest absolute Gasteiger partial charge is 0.197 e. The molecule has 0 amide bonds. The maximum Gasteiger partial charge on any atom is 0.197 e. The molecular formula is C27H30O16. The summed E-state index contributed by atoms with van der Waals surface area (Å²) in [5, 5.41) is 113. The molecule has 5 rings (SSSR count). The van der Waals surface area contributed by atoms with Gasteiger partial charge in [-0.2, -0.15) is 0 Å². The summed E-state index contributed by atoms with van der Waals surface area (Å²) in [4.78, 5) is 13.2. The van der Waals surface area contributed by atoms with Crippen LogP contribution in [0.1, 0.15) is 11.7 Å². The molecule has 2 aliphatic heterocycles.